The number of hydrogen-bond acceptors (Lipinski definition) is 9. The molecule has 1 fully saturated rings. The SMILES string of the molecule is C=CCOc1ccccc1Cc1cnc(-c2cc3nc(C)c(C(OC(C)(C)C)C(=O)O)c(N4CCC(C)(OCC=C)CC4)n3n2)s1. The predicted octanol–water partition coefficient (Wildman–Crippen LogP) is 6.82. The van der Waals surface area contributed by atoms with Gasteiger partial charge in [0, 0.05) is 42.3 Å². The Kier molecular flexibility index (Phi) is 9.95. The summed E-state index contributed by atoms with van der Waals surface area (Å²) in [7, 11) is 0. The second kappa shape index (κ2) is 13.7. The summed E-state index contributed by atoms with van der Waals surface area (Å²) in [5.74, 6) is 0.409. The lowest BCUT2D eigenvalue weighted by Crippen LogP contribution is -2.45. The number of carbonyl (C=O) groups is 1. The topological polar surface area (TPSA) is 111 Å². The van der Waals surface area contributed by atoms with Crippen LogP contribution in [-0.4, -0.2) is 68.2 Å². The van der Waals surface area contributed by atoms with E-state index in [1.807, 2.05) is 64.2 Å². The van der Waals surface area contributed by atoms with Crippen LogP contribution in [0, 0.1) is 6.92 Å². The zero-order valence-electron chi connectivity index (χ0n) is 27.3. The zero-order chi connectivity index (χ0) is 33.1. The van der Waals surface area contributed by atoms with Crippen molar-refractivity contribution in [1.29, 1.82) is 0 Å². The molecule has 1 saturated heterocycles. The molecule has 3 aromatic heterocycles. The van der Waals surface area contributed by atoms with Gasteiger partial charge in [-0.25, -0.2) is 14.8 Å². The van der Waals surface area contributed by atoms with Crippen LogP contribution in [0.1, 0.15) is 68.3 Å². The average Bonchev–Trinajstić information content (AvgIpc) is 3.65. The van der Waals surface area contributed by atoms with Gasteiger partial charge in [0.2, 0.25) is 0 Å². The van der Waals surface area contributed by atoms with Crippen molar-refractivity contribution in [2.45, 2.75) is 71.2 Å². The van der Waals surface area contributed by atoms with E-state index in [0.29, 0.717) is 61.1 Å². The lowest BCUT2D eigenvalue weighted by atomic mass is 9.92. The minimum Gasteiger partial charge on any atom is -0.489 e. The number of ether oxygens (including phenoxy) is 3. The quantitative estimate of drug-likeness (QED) is 0.157. The first-order valence-corrected chi connectivity index (χ1v) is 16.3. The molecule has 1 aliphatic heterocycles. The molecular weight excluding hydrogens is 602 g/mol. The maximum atomic E-state index is 12.7. The zero-order valence-corrected chi connectivity index (χ0v) is 28.1. The second-order valence-electron chi connectivity index (χ2n) is 12.7. The number of fused-ring (bicyclic) bond motifs is 1. The molecule has 4 aromatic rings. The first-order chi connectivity index (χ1) is 21.9. The van der Waals surface area contributed by atoms with Gasteiger partial charge in [-0.1, -0.05) is 36.9 Å². The van der Waals surface area contributed by atoms with Gasteiger partial charge in [0.15, 0.2) is 11.8 Å². The van der Waals surface area contributed by atoms with Gasteiger partial charge >= 0.3 is 5.97 Å². The van der Waals surface area contributed by atoms with E-state index in [2.05, 4.69) is 25.0 Å². The molecule has 11 heteroatoms. The highest BCUT2D eigenvalue weighted by atomic mass is 32.1. The van der Waals surface area contributed by atoms with Crippen molar-refractivity contribution in [2.24, 2.45) is 0 Å². The molecule has 0 aliphatic carbocycles. The van der Waals surface area contributed by atoms with Crippen molar-refractivity contribution in [3.63, 3.8) is 0 Å². The van der Waals surface area contributed by atoms with Crippen molar-refractivity contribution < 1.29 is 24.1 Å². The van der Waals surface area contributed by atoms with Crippen LogP contribution < -0.4 is 9.64 Å². The number of piperidine rings is 1. The molecule has 0 amide bonds. The van der Waals surface area contributed by atoms with Crippen molar-refractivity contribution in [2.75, 3.05) is 31.2 Å². The first-order valence-electron chi connectivity index (χ1n) is 15.5. The van der Waals surface area contributed by atoms with Crippen molar-refractivity contribution in [3.05, 3.63) is 83.5 Å². The Balaban J connectivity index is 1.55. The van der Waals surface area contributed by atoms with Gasteiger partial charge in [-0.15, -0.1) is 17.9 Å². The maximum Gasteiger partial charge on any atom is 0.337 e. The summed E-state index contributed by atoms with van der Waals surface area (Å²) in [4.78, 5) is 25.5. The lowest BCUT2D eigenvalue weighted by molar-refractivity contribution is -0.160. The molecule has 0 radical (unpaired) electrons. The number of aromatic nitrogens is 4. The summed E-state index contributed by atoms with van der Waals surface area (Å²) in [6.07, 6.45) is 6.29. The number of carboxylic acid groups (broad SMARTS) is 1. The van der Waals surface area contributed by atoms with Gasteiger partial charge in [-0.05, 0) is 59.1 Å². The molecule has 46 heavy (non-hydrogen) atoms. The first kappa shape index (κ1) is 33.3. The van der Waals surface area contributed by atoms with Gasteiger partial charge in [0.25, 0.3) is 0 Å². The Bertz CT molecular complexity index is 1710. The summed E-state index contributed by atoms with van der Waals surface area (Å²) in [6, 6.07) is 9.86. The number of rotatable bonds is 13. The van der Waals surface area contributed by atoms with Crippen molar-refractivity contribution >= 4 is 28.8 Å². The minimum atomic E-state index is -1.24. The molecule has 10 nitrogen and oxygen atoms in total. The van der Waals surface area contributed by atoms with E-state index in [1.165, 1.54) is 0 Å². The van der Waals surface area contributed by atoms with Crippen LogP contribution in [0.2, 0.25) is 0 Å². The number of hydrogen-bond donors (Lipinski definition) is 1. The Morgan fingerprint density at radius 2 is 1.89 bits per heavy atom. The van der Waals surface area contributed by atoms with E-state index in [1.54, 1.807) is 28.0 Å². The molecule has 244 valence electrons. The maximum absolute atomic E-state index is 12.7. The summed E-state index contributed by atoms with van der Waals surface area (Å²) < 4.78 is 19.9. The van der Waals surface area contributed by atoms with E-state index < -0.39 is 17.7 Å². The van der Waals surface area contributed by atoms with E-state index in [4.69, 9.17) is 29.3 Å². The average molecular weight is 646 g/mol. The van der Waals surface area contributed by atoms with Crippen LogP contribution in [-0.2, 0) is 20.7 Å². The number of anilines is 1. The van der Waals surface area contributed by atoms with Gasteiger partial charge in [-0.2, -0.15) is 9.61 Å². The Morgan fingerprint density at radius 3 is 2.57 bits per heavy atom. The second-order valence-corrected chi connectivity index (χ2v) is 13.9. The Morgan fingerprint density at radius 1 is 1.17 bits per heavy atom. The van der Waals surface area contributed by atoms with Crippen molar-refractivity contribution in [3.8, 4) is 16.5 Å². The number of para-hydroxylation sites is 1. The molecule has 1 unspecified atom stereocenters. The van der Waals surface area contributed by atoms with Gasteiger partial charge in [0.1, 0.15) is 28.9 Å². The monoisotopic (exact) mass is 645 g/mol. The van der Waals surface area contributed by atoms with E-state index in [0.717, 1.165) is 34.0 Å². The van der Waals surface area contributed by atoms with Gasteiger partial charge in [0.05, 0.1) is 23.4 Å². The fourth-order valence-electron chi connectivity index (χ4n) is 5.65. The largest absolute Gasteiger partial charge is 0.489 e. The Hall–Kier alpha value is -4.06. The number of carboxylic acids is 1. The fourth-order valence-corrected chi connectivity index (χ4v) is 6.54. The fraction of sp³-hybridized carbons (Fsp3) is 0.429. The highest BCUT2D eigenvalue weighted by Gasteiger charge is 2.37. The highest BCUT2D eigenvalue weighted by Crippen LogP contribution is 2.39. The number of thiazole rings is 1. The summed E-state index contributed by atoms with van der Waals surface area (Å²) in [5, 5.41) is 16.2. The van der Waals surface area contributed by atoms with E-state index in [-0.39, 0.29) is 5.60 Å². The minimum absolute atomic E-state index is 0.304. The third-order valence-electron chi connectivity index (χ3n) is 7.90. The molecule has 1 aromatic carbocycles. The third-order valence-corrected chi connectivity index (χ3v) is 8.92. The molecular formula is C35H43N5O5S. The normalized spacial score (nSPS) is 15.5. The highest BCUT2D eigenvalue weighted by molar-refractivity contribution is 7.15. The molecule has 1 atom stereocenters. The molecule has 5 rings (SSSR count). The van der Waals surface area contributed by atoms with Crippen LogP contribution in [0.25, 0.3) is 16.3 Å². The predicted molar refractivity (Wildman–Crippen MR) is 181 cm³/mol. The van der Waals surface area contributed by atoms with Crippen LogP contribution in [0.4, 0.5) is 5.82 Å². The van der Waals surface area contributed by atoms with Crippen molar-refractivity contribution in [1.82, 2.24) is 19.6 Å². The smallest absolute Gasteiger partial charge is 0.337 e. The lowest BCUT2D eigenvalue weighted by Gasteiger charge is -2.41. The molecule has 1 aliphatic rings. The number of benzene rings is 1. The van der Waals surface area contributed by atoms with Crippen LogP contribution in [0.5, 0.6) is 5.75 Å². The molecule has 4 heterocycles. The molecule has 0 bridgehead atoms. The third kappa shape index (κ3) is 7.49. The van der Waals surface area contributed by atoms with E-state index >= 15 is 0 Å². The number of aryl methyl sites for hydroxylation is 1. The van der Waals surface area contributed by atoms with Crippen LogP contribution in [0.15, 0.2) is 61.8 Å². The van der Waals surface area contributed by atoms with Crippen LogP contribution >= 0.6 is 11.3 Å². The van der Waals surface area contributed by atoms with Gasteiger partial charge < -0.3 is 24.2 Å². The Labute approximate surface area is 274 Å². The summed E-state index contributed by atoms with van der Waals surface area (Å²) in [5.41, 5.74) is 2.41. The summed E-state index contributed by atoms with van der Waals surface area (Å²) in [6.45, 7) is 19.2. The molecule has 0 saturated carbocycles. The summed E-state index contributed by atoms with van der Waals surface area (Å²) >= 11 is 1.56. The number of nitrogens with zero attached hydrogens (tertiary/aromatic N) is 5. The van der Waals surface area contributed by atoms with Crippen LogP contribution in [0.3, 0.4) is 0 Å². The van der Waals surface area contributed by atoms with Gasteiger partial charge in [-0.3, -0.25) is 0 Å². The molecule has 1 N–H and O–H groups in total. The van der Waals surface area contributed by atoms with E-state index in [9.17, 15) is 9.90 Å². The standard InChI is InChI=1S/C35H43N5O5S/c1-8-18-43-27-13-11-10-12-24(27)20-25-22-36-31(46-25)26-21-28-37-23(3)29(30(33(41)42)45-34(4,5)6)32(40(28)38-26)39-16-14-35(7,15-17-39)44-19-9-2/h8-13,21-22,30H,1-2,14-20H2,3-7H3,(H,41,42). The molecule has 0 spiro atoms. The number of aliphatic carboxylic acids is 1.